The maximum Gasteiger partial charge on any atom is 0.343 e. The molecular formula is C12H11N2O3. The first kappa shape index (κ1) is 11.3. The van der Waals surface area contributed by atoms with Crippen molar-refractivity contribution in [3.8, 4) is 0 Å². The number of benzene rings is 1. The zero-order chi connectivity index (χ0) is 12.4. The summed E-state index contributed by atoms with van der Waals surface area (Å²) < 4.78 is 0. The number of nitrogens with two attached hydrogens (primary N) is 1. The first-order valence-electron chi connectivity index (χ1n) is 4.99. The molecule has 0 spiro atoms. The second-order valence-corrected chi connectivity index (χ2v) is 3.54. The molecule has 1 aliphatic rings. The van der Waals surface area contributed by atoms with E-state index in [-0.39, 0.29) is 0 Å². The molecule has 0 aliphatic carbocycles. The molecule has 5 heteroatoms. The van der Waals surface area contributed by atoms with Crippen LogP contribution in [0.15, 0.2) is 36.4 Å². The zero-order valence-corrected chi connectivity index (χ0v) is 9.00. The number of amides is 2. The van der Waals surface area contributed by atoms with Gasteiger partial charge in [-0.25, -0.2) is 9.63 Å². The van der Waals surface area contributed by atoms with Crippen molar-refractivity contribution in [3.63, 3.8) is 0 Å². The first-order chi connectivity index (χ1) is 8.09. The van der Waals surface area contributed by atoms with E-state index in [1.54, 1.807) is 12.1 Å². The minimum absolute atomic E-state index is 0.429. The highest BCUT2D eigenvalue weighted by atomic mass is 16.7. The third-order valence-corrected chi connectivity index (χ3v) is 2.33. The van der Waals surface area contributed by atoms with Gasteiger partial charge in [0.25, 0.3) is 0 Å². The molecule has 0 bridgehead atoms. The molecule has 1 atom stereocenters. The molecule has 17 heavy (non-hydrogen) atoms. The molecule has 5 nitrogen and oxygen atoms in total. The molecule has 1 heterocycles. The number of Topliss-reactive ketones (excluding diaryl/α,β-unsaturated/α-hetero) is 1. The number of urea groups is 1. The summed E-state index contributed by atoms with van der Waals surface area (Å²) in [6, 6.07) is 8.29. The van der Waals surface area contributed by atoms with Crippen molar-refractivity contribution in [1.29, 1.82) is 0 Å². The minimum Gasteiger partial charge on any atom is -0.349 e. The quantitative estimate of drug-likeness (QED) is 0.829. The largest absolute Gasteiger partial charge is 0.349 e. The lowest BCUT2D eigenvalue weighted by molar-refractivity contribution is -0.136. The Bertz CT molecular complexity index is 482. The van der Waals surface area contributed by atoms with Crippen LogP contribution in [-0.4, -0.2) is 23.0 Å². The molecule has 2 N–H and O–H groups in total. The van der Waals surface area contributed by atoms with Crippen LogP contribution in [0.2, 0.25) is 0 Å². The van der Waals surface area contributed by atoms with E-state index in [1.807, 2.05) is 18.2 Å². The van der Waals surface area contributed by atoms with Gasteiger partial charge < -0.3 is 5.73 Å². The molecule has 87 valence electrons. The Morgan fingerprint density at radius 2 is 1.94 bits per heavy atom. The maximum atomic E-state index is 11.2. The molecule has 1 aromatic rings. The van der Waals surface area contributed by atoms with Gasteiger partial charge in [0.2, 0.25) is 0 Å². The standard InChI is InChI=1S/C12H11N2O3/c1-8(15)11-7-10(14(17-11)12(13)16)9-5-3-2-4-6-9/h2-7,11H,1H2,(H2,13,16). The number of primary amides is 1. The number of hydrogen-bond donors (Lipinski definition) is 1. The van der Waals surface area contributed by atoms with Crippen molar-refractivity contribution < 1.29 is 14.4 Å². The van der Waals surface area contributed by atoms with E-state index < -0.39 is 17.9 Å². The fraction of sp³-hybridized carbons (Fsp3) is 0.0833. The smallest absolute Gasteiger partial charge is 0.343 e. The summed E-state index contributed by atoms with van der Waals surface area (Å²) in [6.07, 6.45) is 0.660. The van der Waals surface area contributed by atoms with Crippen molar-refractivity contribution in [3.05, 3.63) is 48.9 Å². The molecule has 2 rings (SSSR count). The van der Waals surface area contributed by atoms with Crippen LogP contribution in [0.3, 0.4) is 0 Å². The van der Waals surface area contributed by atoms with E-state index in [4.69, 9.17) is 10.6 Å². The zero-order valence-electron chi connectivity index (χ0n) is 9.00. The SMILES string of the molecule is [CH2]C(=O)C1C=C(c2ccccc2)N(C(N)=O)O1. The van der Waals surface area contributed by atoms with Gasteiger partial charge in [0.05, 0.1) is 5.70 Å². The van der Waals surface area contributed by atoms with Gasteiger partial charge in [-0.1, -0.05) is 30.3 Å². The Morgan fingerprint density at radius 3 is 2.47 bits per heavy atom. The Hall–Kier alpha value is -2.14. The molecule has 2 amide bonds. The van der Waals surface area contributed by atoms with Crippen molar-refractivity contribution in [1.82, 2.24) is 5.06 Å². The number of carbonyl (C=O) groups is 2. The summed E-state index contributed by atoms with van der Waals surface area (Å²) in [5.74, 6) is -0.429. The van der Waals surface area contributed by atoms with Crippen molar-refractivity contribution in [2.75, 3.05) is 0 Å². The lowest BCUT2D eigenvalue weighted by atomic mass is 10.1. The summed E-state index contributed by atoms with van der Waals surface area (Å²) in [6.45, 7) is 3.26. The van der Waals surface area contributed by atoms with Gasteiger partial charge in [-0.2, -0.15) is 5.06 Å². The number of ketones is 1. The average Bonchev–Trinajstić information content (AvgIpc) is 2.75. The molecule has 1 unspecified atom stereocenters. The minimum atomic E-state index is -0.863. The summed E-state index contributed by atoms with van der Waals surface area (Å²) >= 11 is 0. The van der Waals surface area contributed by atoms with Gasteiger partial charge in [0.15, 0.2) is 11.9 Å². The van der Waals surface area contributed by atoms with Gasteiger partial charge in [-0.3, -0.25) is 4.79 Å². The lowest BCUT2D eigenvalue weighted by Gasteiger charge is -2.17. The Morgan fingerprint density at radius 1 is 1.29 bits per heavy atom. The number of carbonyl (C=O) groups excluding carboxylic acids is 2. The summed E-state index contributed by atoms with van der Waals surface area (Å²) in [7, 11) is 0. The van der Waals surface area contributed by atoms with Crippen LogP contribution in [0.1, 0.15) is 5.56 Å². The van der Waals surface area contributed by atoms with E-state index in [1.165, 1.54) is 6.08 Å². The third-order valence-electron chi connectivity index (χ3n) is 2.33. The van der Waals surface area contributed by atoms with Crippen LogP contribution < -0.4 is 5.73 Å². The number of nitrogens with zero attached hydrogens (tertiary/aromatic N) is 1. The van der Waals surface area contributed by atoms with E-state index >= 15 is 0 Å². The average molecular weight is 231 g/mol. The molecule has 0 saturated heterocycles. The Labute approximate surface area is 98.4 Å². The van der Waals surface area contributed by atoms with Crippen LogP contribution >= 0.6 is 0 Å². The molecule has 1 aliphatic heterocycles. The van der Waals surface area contributed by atoms with Gasteiger partial charge in [-0.15, -0.1) is 0 Å². The second-order valence-electron chi connectivity index (χ2n) is 3.54. The lowest BCUT2D eigenvalue weighted by Crippen LogP contribution is -2.34. The predicted molar refractivity (Wildman–Crippen MR) is 61.1 cm³/mol. The predicted octanol–water partition coefficient (Wildman–Crippen LogP) is 1.13. The van der Waals surface area contributed by atoms with Crippen LogP contribution in [0.4, 0.5) is 4.79 Å². The molecule has 0 fully saturated rings. The van der Waals surface area contributed by atoms with E-state index in [2.05, 4.69) is 6.92 Å². The van der Waals surface area contributed by atoms with Gasteiger partial charge >= 0.3 is 6.03 Å². The highest BCUT2D eigenvalue weighted by molar-refractivity contribution is 5.93. The highest BCUT2D eigenvalue weighted by Gasteiger charge is 2.31. The maximum absolute atomic E-state index is 11.2. The fourth-order valence-corrected chi connectivity index (χ4v) is 1.56. The van der Waals surface area contributed by atoms with E-state index in [0.29, 0.717) is 5.70 Å². The third kappa shape index (κ3) is 2.19. The summed E-state index contributed by atoms with van der Waals surface area (Å²) in [4.78, 5) is 27.4. The van der Waals surface area contributed by atoms with Crippen LogP contribution in [0.5, 0.6) is 0 Å². The molecule has 0 saturated carbocycles. The normalized spacial score (nSPS) is 19.0. The van der Waals surface area contributed by atoms with Crippen LogP contribution in [0.25, 0.3) is 5.70 Å². The van der Waals surface area contributed by atoms with Crippen molar-refractivity contribution >= 4 is 17.5 Å². The first-order valence-corrected chi connectivity index (χ1v) is 4.99. The van der Waals surface area contributed by atoms with Gasteiger partial charge in [0.1, 0.15) is 0 Å². The van der Waals surface area contributed by atoms with E-state index in [0.717, 1.165) is 10.6 Å². The number of hydrogen-bond acceptors (Lipinski definition) is 3. The van der Waals surface area contributed by atoms with Gasteiger partial charge in [0, 0.05) is 12.5 Å². The monoisotopic (exact) mass is 231 g/mol. The number of rotatable bonds is 2. The van der Waals surface area contributed by atoms with Gasteiger partial charge in [-0.05, 0) is 6.08 Å². The summed E-state index contributed by atoms with van der Waals surface area (Å²) in [5, 5.41) is 0.906. The van der Waals surface area contributed by atoms with Crippen LogP contribution in [0, 0.1) is 6.92 Å². The highest BCUT2D eigenvalue weighted by Crippen LogP contribution is 2.27. The molecule has 0 aromatic heterocycles. The molecular weight excluding hydrogens is 220 g/mol. The van der Waals surface area contributed by atoms with Crippen LogP contribution in [-0.2, 0) is 9.63 Å². The van der Waals surface area contributed by atoms with Crippen molar-refractivity contribution in [2.45, 2.75) is 6.10 Å². The molecule has 1 aromatic carbocycles. The van der Waals surface area contributed by atoms with E-state index in [9.17, 15) is 9.59 Å². The Balaban J connectivity index is 2.38. The molecule has 1 radical (unpaired) electrons. The summed E-state index contributed by atoms with van der Waals surface area (Å²) in [5.41, 5.74) is 6.38. The van der Waals surface area contributed by atoms with Crippen molar-refractivity contribution in [2.24, 2.45) is 5.73 Å². The second kappa shape index (κ2) is 4.39. The Kier molecular flexibility index (Phi) is 2.93. The number of hydroxylamine groups is 2. The topological polar surface area (TPSA) is 72.6 Å². The fourth-order valence-electron chi connectivity index (χ4n) is 1.56.